The average Bonchev–Trinajstić information content (AvgIpc) is 1.59. The summed E-state index contributed by atoms with van der Waals surface area (Å²) in [5.41, 5.74) is 20.8. The molecule has 508 valence electrons. The van der Waals surface area contributed by atoms with Crippen LogP contribution in [0, 0.1) is 0 Å². The van der Waals surface area contributed by atoms with Gasteiger partial charge in [-0.05, 0) is 136 Å². The van der Waals surface area contributed by atoms with Crippen LogP contribution >= 0.6 is 0 Å². The third-order valence-corrected chi connectivity index (χ3v) is 26.1. The van der Waals surface area contributed by atoms with Gasteiger partial charge in [-0.15, -0.1) is 0 Å². The first kappa shape index (κ1) is 63.5. The second-order valence-corrected chi connectivity index (χ2v) is 31.7. The van der Waals surface area contributed by atoms with Crippen LogP contribution in [0.15, 0.2) is 389 Å². The maximum atomic E-state index is 5.18. The molecule has 0 amide bonds. The van der Waals surface area contributed by atoms with Gasteiger partial charge in [0.15, 0.2) is 11.6 Å². The first-order valence-corrected chi connectivity index (χ1v) is 39.1. The van der Waals surface area contributed by atoms with Crippen molar-refractivity contribution in [2.24, 2.45) is 0 Å². The molecule has 0 atom stereocenters. The number of benzene rings is 15. The first-order valence-electron chi connectivity index (χ1n) is 36.6. The Balaban J connectivity index is 0.000000144. The topological polar surface area (TPSA) is 84.2 Å². The standard InChI is InChI=1S/C52H37N5Si.C46H30N4/c1-58(40-14-4-2-5-15-40,41-16-6-3-7-17-41)42-31-26-37(27-32-42)52-54-35-53-51(55-52)36-24-28-38(29-25-36)56-49-23-13-10-20-45(49)46-34-39(30-33-50(46)56)57-47-21-11-8-18-43(47)44-19-9-12-22-48(44)57;1-3-13-32(14-4-1)40-30-41(33-15-5-2-6-16-33)48-46(47-40)50-44-22-12-9-19-38(44)39-29-34(25-28-45(39)50)31-23-26-35(27-24-31)49-42-20-10-7-17-36(42)37-18-8-11-21-43(37)49/h2-35H,1H3;1-30H. The summed E-state index contributed by atoms with van der Waals surface area (Å²) in [6.45, 7) is 2.43. The van der Waals surface area contributed by atoms with E-state index in [1.807, 2.05) is 12.1 Å². The van der Waals surface area contributed by atoms with E-state index in [2.05, 4.69) is 405 Å². The van der Waals surface area contributed by atoms with Gasteiger partial charge in [-0.1, -0.05) is 280 Å². The van der Waals surface area contributed by atoms with Gasteiger partial charge < -0.3 is 13.7 Å². The molecule has 0 fully saturated rings. The van der Waals surface area contributed by atoms with E-state index < -0.39 is 8.07 Å². The Hall–Kier alpha value is -14.2. The Morgan fingerprint density at radius 1 is 0.213 bits per heavy atom. The molecule has 0 aliphatic heterocycles. The molecule has 21 aromatic rings. The molecule has 0 N–H and O–H groups in total. The van der Waals surface area contributed by atoms with E-state index in [-0.39, 0.29) is 0 Å². The molecular formula is C98H67N9Si. The fraction of sp³-hybridized carbons (Fsp3) is 0.0102. The Labute approximate surface area is 624 Å². The molecular weight excluding hydrogens is 1330 g/mol. The van der Waals surface area contributed by atoms with Crippen LogP contribution < -0.4 is 15.6 Å². The summed E-state index contributed by atoms with van der Waals surface area (Å²) in [5, 5.41) is 13.9. The number of fused-ring (bicyclic) bond motifs is 12. The predicted molar refractivity (Wildman–Crippen MR) is 450 cm³/mol. The maximum Gasteiger partial charge on any atom is 0.235 e. The molecule has 0 spiro atoms. The minimum Gasteiger partial charge on any atom is -0.309 e. The van der Waals surface area contributed by atoms with Crippen LogP contribution in [-0.4, -0.2) is 51.3 Å². The van der Waals surface area contributed by atoms with Gasteiger partial charge >= 0.3 is 0 Å². The highest BCUT2D eigenvalue weighted by Gasteiger charge is 2.34. The van der Waals surface area contributed by atoms with Crippen LogP contribution in [0.3, 0.4) is 0 Å². The van der Waals surface area contributed by atoms with Crippen molar-refractivity contribution < 1.29 is 0 Å². The largest absolute Gasteiger partial charge is 0.309 e. The lowest BCUT2D eigenvalue weighted by molar-refractivity contribution is 0.995. The molecule has 21 rings (SSSR count). The smallest absolute Gasteiger partial charge is 0.235 e. The normalized spacial score (nSPS) is 11.8. The van der Waals surface area contributed by atoms with Crippen molar-refractivity contribution in [2.75, 3.05) is 0 Å². The van der Waals surface area contributed by atoms with Crippen LogP contribution in [-0.2, 0) is 0 Å². The van der Waals surface area contributed by atoms with Crippen molar-refractivity contribution in [1.82, 2.24) is 43.2 Å². The highest BCUT2D eigenvalue weighted by atomic mass is 28.3. The molecule has 0 aliphatic rings. The van der Waals surface area contributed by atoms with Crippen molar-refractivity contribution in [3.8, 4) is 79.4 Å². The molecule has 6 aromatic heterocycles. The molecule has 6 heterocycles. The van der Waals surface area contributed by atoms with Gasteiger partial charge in [-0.3, -0.25) is 4.57 Å². The molecule has 0 bridgehead atoms. The molecule has 0 saturated heterocycles. The van der Waals surface area contributed by atoms with E-state index in [1.165, 1.54) is 86.3 Å². The highest BCUT2D eigenvalue weighted by molar-refractivity contribution is 7.10. The number of hydrogen-bond donors (Lipinski definition) is 0. The van der Waals surface area contributed by atoms with E-state index >= 15 is 0 Å². The van der Waals surface area contributed by atoms with Crippen LogP contribution in [0.4, 0.5) is 0 Å². The maximum absolute atomic E-state index is 5.18. The minimum atomic E-state index is -2.22. The highest BCUT2D eigenvalue weighted by Crippen LogP contribution is 2.40. The first-order chi connectivity index (χ1) is 53.4. The van der Waals surface area contributed by atoms with E-state index in [0.29, 0.717) is 17.6 Å². The summed E-state index contributed by atoms with van der Waals surface area (Å²) in [4.78, 5) is 24.6. The Morgan fingerprint density at radius 3 is 0.963 bits per heavy atom. The number of para-hydroxylation sites is 6. The molecule has 0 aliphatic carbocycles. The Morgan fingerprint density at radius 2 is 0.519 bits per heavy atom. The van der Waals surface area contributed by atoms with Gasteiger partial charge in [-0.2, -0.15) is 0 Å². The third-order valence-electron chi connectivity index (χ3n) is 21.6. The Kier molecular flexibility index (Phi) is 15.6. The summed E-state index contributed by atoms with van der Waals surface area (Å²) in [6.07, 6.45) is 1.62. The lowest BCUT2D eigenvalue weighted by Gasteiger charge is -2.29. The van der Waals surface area contributed by atoms with E-state index in [0.717, 1.165) is 78.3 Å². The van der Waals surface area contributed by atoms with Crippen molar-refractivity contribution in [3.05, 3.63) is 389 Å². The predicted octanol–water partition coefficient (Wildman–Crippen LogP) is 22.2. The van der Waals surface area contributed by atoms with Crippen LogP contribution in [0.25, 0.3) is 167 Å². The zero-order valence-electron chi connectivity index (χ0n) is 59.0. The summed E-state index contributed by atoms with van der Waals surface area (Å²) >= 11 is 0. The zero-order valence-corrected chi connectivity index (χ0v) is 60.0. The summed E-state index contributed by atoms with van der Waals surface area (Å²) in [6, 6.07) is 136. The SMILES string of the molecule is C[Si](c1ccccc1)(c1ccccc1)c1ccc(-c2ncnc(-c3ccc(-n4c5ccccc5c5cc(-n6c7ccccc7c7ccccc76)ccc54)cc3)n2)cc1.c1ccc(-c2cc(-c3ccccc3)nc(-n3c4ccccc4c4cc(-c5ccc(-n6c7ccccc7c7ccccc76)cc5)ccc43)n2)cc1. The molecule has 0 unspecified atom stereocenters. The number of rotatable bonds is 12. The van der Waals surface area contributed by atoms with Crippen LogP contribution in [0.5, 0.6) is 0 Å². The molecule has 9 nitrogen and oxygen atoms in total. The average molecular weight is 1400 g/mol. The lowest BCUT2D eigenvalue weighted by Crippen LogP contribution is -2.64. The van der Waals surface area contributed by atoms with Gasteiger partial charge in [0.05, 0.1) is 55.5 Å². The minimum absolute atomic E-state index is 0.645. The van der Waals surface area contributed by atoms with E-state index in [4.69, 9.17) is 15.0 Å². The molecule has 15 aromatic carbocycles. The molecule has 108 heavy (non-hydrogen) atoms. The van der Waals surface area contributed by atoms with Crippen LogP contribution in [0.2, 0.25) is 6.55 Å². The van der Waals surface area contributed by atoms with Crippen molar-refractivity contribution in [2.45, 2.75) is 6.55 Å². The fourth-order valence-electron chi connectivity index (χ4n) is 16.3. The van der Waals surface area contributed by atoms with Gasteiger partial charge in [-0.25, -0.2) is 24.9 Å². The van der Waals surface area contributed by atoms with E-state index in [9.17, 15) is 0 Å². The van der Waals surface area contributed by atoms with Gasteiger partial charge in [0.1, 0.15) is 14.4 Å². The summed E-state index contributed by atoms with van der Waals surface area (Å²) in [5.74, 6) is 1.95. The number of hydrogen-bond acceptors (Lipinski definition) is 5. The third kappa shape index (κ3) is 10.9. The quantitative estimate of drug-likeness (QED) is 0.0899. The second-order valence-electron chi connectivity index (χ2n) is 27.7. The zero-order chi connectivity index (χ0) is 71.7. The van der Waals surface area contributed by atoms with E-state index in [1.54, 1.807) is 6.33 Å². The molecule has 0 radical (unpaired) electrons. The monoisotopic (exact) mass is 1400 g/mol. The summed E-state index contributed by atoms with van der Waals surface area (Å²) in [7, 11) is -2.22. The molecule has 0 saturated carbocycles. The second kappa shape index (κ2) is 26.5. The van der Waals surface area contributed by atoms with Crippen molar-refractivity contribution in [3.63, 3.8) is 0 Å². The number of nitrogens with zero attached hydrogens (tertiary/aromatic N) is 9. The summed E-state index contributed by atoms with van der Waals surface area (Å²) < 4.78 is 9.31. The van der Waals surface area contributed by atoms with Gasteiger partial charge in [0.2, 0.25) is 5.95 Å². The van der Waals surface area contributed by atoms with Crippen molar-refractivity contribution >= 4 is 111 Å². The lowest BCUT2D eigenvalue weighted by atomic mass is 10.0. The number of aromatic nitrogens is 9. The fourth-order valence-corrected chi connectivity index (χ4v) is 19.9. The van der Waals surface area contributed by atoms with Crippen LogP contribution in [0.1, 0.15) is 0 Å². The van der Waals surface area contributed by atoms with Gasteiger partial charge in [0, 0.05) is 82.4 Å². The molecule has 10 heteroatoms. The van der Waals surface area contributed by atoms with Gasteiger partial charge in [0.25, 0.3) is 0 Å². The van der Waals surface area contributed by atoms with Crippen molar-refractivity contribution in [1.29, 1.82) is 0 Å². The Bertz CT molecular complexity index is 6760.